The number of hydrogen-bond donors (Lipinski definition) is 1. The molecule has 1 heterocycles. The molecular formula is C14H18N2O3. The van der Waals surface area contributed by atoms with E-state index in [9.17, 15) is 0 Å². The van der Waals surface area contributed by atoms with Crippen LogP contribution in [0.5, 0.6) is 11.5 Å². The van der Waals surface area contributed by atoms with Gasteiger partial charge in [-0.25, -0.2) is 0 Å². The minimum atomic E-state index is -0.141. The van der Waals surface area contributed by atoms with Crippen LogP contribution in [0.3, 0.4) is 0 Å². The highest BCUT2D eigenvalue weighted by Gasteiger charge is 2.17. The van der Waals surface area contributed by atoms with Crippen LogP contribution in [0.1, 0.15) is 25.1 Å². The molecule has 5 nitrogen and oxygen atoms in total. The second-order valence-electron chi connectivity index (χ2n) is 4.17. The first-order valence-electron chi connectivity index (χ1n) is 6.14. The van der Waals surface area contributed by atoms with E-state index >= 15 is 0 Å². The Morgan fingerprint density at radius 1 is 1.32 bits per heavy atom. The molecule has 5 heteroatoms. The maximum Gasteiger partial charge on any atom is 0.170 e. The molecule has 1 atom stereocenters. The summed E-state index contributed by atoms with van der Waals surface area (Å²) < 4.78 is 15.9. The normalized spacial score (nSPS) is 12.2. The van der Waals surface area contributed by atoms with Crippen molar-refractivity contribution < 1.29 is 14.0 Å². The van der Waals surface area contributed by atoms with E-state index in [2.05, 4.69) is 5.16 Å². The molecule has 2 N–H and O–H groups in total. The summed E-state index contributed by atoms with van der Waals surface area (Å²) in [5, 5.41) is 4.05. The van der Waals surface area contributed by atoms with E-state index in [4.69, 9.17) is 19.7 Å². The largest absolute Gasteiger partial charge is 0.493 e. The summed E-state index contributed by atoms with van der Waals surface area (Å²) in [4.78, 5) is 0. The average molecular weight is 262 g/mol. The van der Waals surface area contributed by atoms with Gasteiger partial charge in [0.25, 0.3) is 0 Å². The minimum Gasteiger partial charge on any atom is -0.493 e. The zero-order valence-electron chi connectivity index (χ0n) is 11.3. The fourth-order valence-corrected chi connectivity index (χ4v) is 1.88. The monoisotopic (exact) mass is 262 g/mol. The maximum atomic E-state index is 5.92. The van der Waals surface area contributed by atoms with E-state index in [-0.39, 0.29) is 6.04 Å². The third-order valence-electron chi connectivity index (χ3n) is 3.01. The van der Waals surface area contributed by atoms with Crippen molar-refractivity contribution in [3.8, 4) is 22.8 Å². The highest BCUT2D eigenvalue weighted by atomic mass is 16.5. The molecule has 2 aromatic rings. The van der Waals surface area contributed by atoms with Gasteiger partial charge in [0.05, 0.1) is 20.3 Å². The number of rotatable bonds is 5. The summed E-state index contributed by atoms with van der Waals surface area (Å²) in [5.41, 5.74) is 7.43. The lowest BCUT2D eigenvalue weighted by atomic mass is 10.1. The number of aromatic nitrogens is 1. The zero-order valence-corrected chi connectivity index (χ0v) is 11.3. The fraction of sp³-hybridized carbons (Fsp3) is 0.357. The van der Waals surface area contributed by atoms with Gasteiger partial charge in [-0.2, -0.15) is 0 Å². The van der Waals surface area contributed by atoms with Crippen LogP contribution < -0.4 is 15.2 Å². The number of nitrogens with two attached hydrogens (primary N) is 1. The Kier molecular flexibility index (Phi) is 4.06. The lowest BCUT2D eigenvalue weighted by Crippen LogP contribution is -2.06. The predicted molar refractivity (Wildman–Crippen MR) is 72.3 cm³/mol. The number of para-hydroxylation sites is 1. The van der Waals surface area contributed by atoms with Crippen LogP contribution in [-0.2, 0) is 0 Å². The first-order chi connectivity index (χ1) is 9.21. The molecule has 0 spiro atoms. The first kappa shape index (κ1) is 13.4. The van der Waals surface area contributed by atoms with Gasteiger partial charge in [-0.15, -0.1) is 0 Å². The Morgan fingerprint density at radius 2 is 2.11 bits per heavy atom. The molecular weight excluding hydrogens is 244 g/mol. The molecule has 1 aromatic carbocycles. The number of benzene rings is 1. The van der Waals surface area contributed by atoms with E-state index < -0.39 is 0 Å². The first-order valence-corrected chi connectivity index (χ1v) is 6.14. The van der Waals surface area contributed by atoms with Gasteiger partial charge >= 0.3 is 0 Å². The Balaban J connectivity index is 2.44. The van der Waals surface area contributed by atoms with E-state index in [1.54, 1.807) is 14.2 Å². The van der Waals surface area contributed by atoms with E-state index in [1.165, 1.54) is 0 Å². The van der Waals surface area contributed by atoms with Gasteiger partial charge in [0.2, 0.25) is 0 Å². The summed E-state index contributed by atoms with van der Waals surface area (Å²) in [6.07, 6.45) is 0.796. The molecule has 0 saturated heterocycles. The fourth-order valence-electron chi connectivity index (χ4n) is 1.88. The molecule has 1 aromatic heterocycles. The van der Waals surface area contributed by atoms with Crippen LogP contribution in [0.15, 0.2) is 28.8 Å². The van der Waals surface area contributed by atoms with Crippen LogP contribution >= 0.6 is 0 Å². The molecule has 0 fully saturated rings. The Bertz CT molecular complexity index is 551. The number of nitrogens with zero attached hydrogens (tertiary/aromatic N) is 1. The third kappa shape index (κ3) is 2.56. The van der Waals surface area contributed by atoms with Crippen molar-refractivity contribution in [3.05, 3.63) is 30.0 Å². The molecule has 19 heavy (non-hydrogen) atoms. The minimum absolute atomic E-state index is 0.141. The molecule has 0 aliphatic rings. The van der Waals surface area contributed by atoms with Crippen LogP contribution in [0.25, 0.3) is 11.3 Å². The van der Waals surface area contributed by atoms with E-state index in [1.807, 2.05) is 31.2 Å². The van der Waals surface area contributed by atoms with Gasteiger partial charge in [-0.1, -0.05) is 18.1 Å². The molecule has 2 rings (SSSR count). The van der Waals surface area contributed by atoms with Gasteiger partial charge in [-0.3, -0.25) is 0 Å². The summed E-state index contributed by atoms with van der Waals surface area (Å²) in [6, 6.07) is 7.32. The molecule has 0 radical (unpaired) electrons. The maximum absolute atomic E-state index is 5.92. The van der Waals surface area contributed by atoms with Gasteiger partial charge in [0, 0.05) is 11.6 Å². The molecule has 102 valence electrons. The van der Waals surface area contributed by atoms with Crippen LogP contribution in [0, 0.1) is 0 Å². The lowest BCUT2D eigenvalue weighted by Gasteiger charge is -2.10. The quantitative estimate of drug-likeness (QED) is 0.897. The third-order valence-corrected chi connectivity index (χ3v) is 3.01. The summed E-state index contributed by atoms with van der Waals surface area (Å²) in [7, 11) is 3.20. The Hall–Kier alpha value is -2.01. The number of ether oxygens (including phenoxy) is 2. The highest BCUT2D eigenvalue weighted by Crippen LogP contribution is 2.37. The van der Waals surface area contributed by atoms with Crippen molar-refractivity contribution >= 4 is 0 Å². The van der Waals surface area contributed by atoms with Crippen LogP contribution in [-0.4, -0.2) is 19.4 Å². The molecule has 0 aliphatic heterocycles. The molecule has 1 unspecified atom stereocenters. The van der Waals surface area contributed by atoms with Gasteiger partial charge in [0.1, 0.15) is 5.69 Å². The molecule has 0 bridgehead atoms. The SMILES string of the molecule is CCC(N)c1cc(-c2cccc(OC)c2OC)no1. The van der Waals surface area contributed by atoms with Crippen LogP contribution in [0.2, 0.25) is 0 Å². The molecule has 0 amide bonds. The Morgan fingerprint density at radius 3 is 2.74 bits per heavy atom. The van der Waals surface area contributed by atoms with Crippen molar-refractivity contribution in [2.45, 2.75) is 19.4 Å². The topological polar surface area (TPSA) is 70.5 Å². The molecule has 0 saturated carbocycles. The van der Waals surface area contributed by atoms with Gasteiger partial charge in [0.15, 0.2) is 17.3 Å². The second-order valence-corrected chi connectivity index (χ2v) is 4.17. The standard InChI is InChI=1S/C14H18N2O3/c1-4-10(15)13-8-11(16-19-13)9-6-5-7-12(17-2)14(9)18-3/h5-8,10H,4,15H2,1-3H3. The Labute approximate surface area is 112 Å². The van der Waals surface area contributed by atoms with Gasteiger partial charge < -0.3 is 19.7 Å². The lowest BCUT2D eigenvalue weighted by molar-refractivity contribution is 0.353. The van der Waals surface area contributed by atoms with E-state index in [0.29, 0.717) is 23.0 Å². The van der Waals surface area contributed by atoms with Crippen molar-refractivity contribution in [2.24, 2.45) is 5.73 Å². The number of methoxy groups -OCH3 is 2. The van der Waals surface area contributed by atoms with Crippen molar-refractivity contribution in [3.63, 3.8) is 0 Å². The summed E-state index contributed by atoms with van der Waals surface area (Å²) in [6.45, 7) is 2.00. The van der Waals surface area contributed by atoms with Crippen LogP contribution in [0.4, 0.5) is 0 Å². The predicted octanol–water partition coefficient (Wildman–Crippen LogP) is 2.77. The highest BCUT2D eigenvalue weighted by molar-refractivity contribution is 5.71. The van der Waals surface area contributed by atoms with Crippen molar-refractivity contribution in [2.75, 3.05) is 14.2 Å². The summed E-state index contributed by atoms with van der Waals surface area (Å²) in [5.74, 6) is 1.96. The smallest absolute Gasteiger partial charge is 0.170 e. The zero-order chi connectivity index (χ0) is 13.8. The summed E-state index contributed by atoms with van der Waals surface area (Å²) >= 11 is 0. The second kappa shape index (κ2) is 5.75. The average Bonchev–Trinajstić information content (AvgIpc) is 2.95. The van der Waals surface area contributed by atoms with Crippen molar-refractivity contribution in [1.29, 1.82) is 0 Å². The molecule has 0 aliphatic carbocycles. The van der Waals surface area contributed by atoms with Gasteiger partial charge in [-0.05, 0) is 18.6 Å². The number of hydrogen-bond acceptors (Lipinski definition) is 5. The van der Waals surface area contributed by atoms with E-state index in [0.717, 1.165) is 12.0 Å². The van der Waals surface area contributed by atoms with Crippen molar-refractivity contribution in [1.82, 2.24) is 5.16 Å².